The van der Waals surface area contributed by atoms with Crippen molar-refractivity contribution in [2.24, 2.45) is 0 Å². The average Bonchev–Trinajstić information content (AvgIpc) is 3.16. The van der Waals surface area contributed by atoms with Gasteiger partial charge in [0.05, 0.1) is 11.6 Å². The number of aryl methyl sites for hydroxylation is 1. The number of fused-ring (bicyclic) bond motifs is 2. The van der Waals surface area contributed by atoms with Gasteiger partial charge in [0.2, 0.25) is 6.79 Å². The molecule has 0 spiro atoms. The van der Waals surface area contributed by atoms with E-state index in [1.54, 1.807) is 0 Å². The van der Waals surface area contributed by atoms with Crippen molar-refractivity contribution < 1.29 is 14.3 Å². The van der Waals surface area contributed by atoms with E-state index in [1.165, 1.54) is 0 Å². The van der Waals surface area contributed by atoms with Crippen LogP contribution in [-0.4, -0.2) is 17.7 Å². The number of aromatic nitrogens is 1. The van der Waals surface area contributed by atoms with E-state index in [0.29, 0.717) is 5.56 Å². The summed E-state index contributed by atoms with van der Waals surface area (Å²) in [6.45, 7) is 4.12. The van der Waals surface area contributed by atoms with Gasteiger partial charge < -0.3 is 19.8 Å². The molecule has 0 fully saturated rings. The van der Waals surface area contributed by atoms with E-state index in [-0.39, 0.29) is 18.7 Å². The first-order valence-corrected chi connectivity index (χ1v) is 7.91. The van der Waals surface area contributed by atoms with E-state index in [2.05, 4.69) is 10.3 Å². The summed E-state index contributed by atoms with van der Waals surface area (Å²) < 4.78 is 10.7. The monoisotopic (exact) mass is 322 g/mol. The summed E-state index contributed by atoms with van der Waals surface area (Å²) in [5.41, 5.74) is 3.51. The zero-order valence-electron chi connectivity index (χ0n) is 13.6. The van der Waals surface area contributed by atoms with E-state index < -0.39 is 0 Å². The fraction of sp³-hybridized carbons (Fsp3) is 0.211. The van der Waals surface area contributed by atoms with E-state index in [4.69, 9.17) is 9.47 Å². The number of ether oxygens (including phenoxy) is 2. The Morgan fingerprint density at radius 1 is 1.17 bits per heavy atom. The number of H-pyrrole nitrogens is 1. The van der Waals surface area contributed by atoms with E-state index >= 15 is 0 Å². The van der Waals surface area contributed by atoms with Crippen molar-refractivity contribution in [1.82, 2.24) is 10.3 Å². The van der Waals surface area contributed by atoms with Gasteiger partial charge in [0.15, 0.2) is 11.5 Å². The van der Waals surface area contributed by atoms with E-state index in [1.807, 2.05) is 56.3 Å². The summed E-state index contributed by atoms with van der Waals surface area (Å²) in [4.78, 5) is 16.0. The average molecular weight is 322 g/mol. The Morgan fingerprint density at radius 3 is 2.83 bits per heavy atom. The first kappa shape index (κ1) is 14.6. The van der Waals surface area contributed by atoms with Gasteiger partial charge in [0, 0.05) is 16.6 Å². The van der Waals surface area contributed by atoms with Crippen molar-refractivity contribution in [2.45, 2.75) is 19.9 Å². The Hall–Kier alpha value is -2.95. The van der Waals surface area contributed by atoms with Crippen molar-refractivity contribution >= 4 is 16.8 Å². The minimum atomic E-state index is -0.139. The SMILES string of the molecule is Cc1[nH]c2ccccc2c1C(=O)NC(C)c1ccc2c(c1)OCO2. The molecule has 2 aromatic carbocycles. The van der Waals surface area contributed by atoms with Gasteiger partial charge in [-0.25, -0.2) is 0 Å². The Balaban J connectivity index is 1.60. The Kier molecular flexibility index (Phi) is 3.41. The molecule has 5 heteroatoms. The molecule has 1 aliphatic rings. The molecule has 2 heterocycles. The number of nitrogens with one attached hydrogen (secondary N) is 2. The number of rotatable bonds is 3. The Labute approximate surface area is 139 Å². The number of aromatic amines is 1. The molecule has 1 unspecified atom stereocenters. The lowest BCUT2D eigenvalue weighted by Crippen LogP contribution is -2.27. The molecule has 2 N–H and O–H groups in total. The summed E-state index contributed by atoms with van der Waals surface area (Å²) in [5.74, 6) is 1.37. The van der Waals surface area contributed by atoms with Gasteiger partial charge in [0.25, 0.3) is 5.91 Å². The molecule has 122 valence electrons. The van der Waals surface area contributed by atoms with Gasteiger partial charge in [-0.05, 0) is 37.6 Å². The largest absolute Gasteiger partial charge is 0.454 e. The van der Waals surface area contributed by atoms with Crippen LogP contribution in [0.3, 0.4) is 0 Å². The van der Waals surface area contributed by atoms with Crippen LogP contribution in [0.15, 0.2) is 42.5 Å². The van der Waals surface area contributed by atoms with Crippen molar-refractivity contribution in [3.8, 4) is 11.5 Å². The van der Waals surface area contributed by atoms with Gasteiger partial charge in [-0.3, -0.25) is 4.79 Å². The van der Waals surface area contributed by atoms with Gasteiger partial charge in [-0.1, -0.05) is 24.3 Å². The Bertz CT molecular complexity index is 930. The molecule has 0 radical (unpaired) electrons. The quantitative estimate of drug-likeness (QED) is 0.773. The van der Waals surface area contributed by atoms with Crippen molar-refractivity contribution in [3.63, 3.8) is 0 Å². The number of carbonyl (C=O) groups is 1. The maximum Gasteiger partial charge on any atom is 0.254 e. The smallest absolute Gasteiger partial charge is 0.254 e. The van der Waals surface area contributed by atoms with Crippen LogP contribution in [0.25, 0.3) is 10.9 Å². The van der Waals surface area contributed by atoms with Crippen LogP contribution in [0.4, 0.5) is 0 Å². The van der Waals surface area contributed by atoms with Crippen LogP contribution in [0.1, 0.15) is 34.6 Å². The van der Waals surface area contributed by atoms with Crippen LogP contribution < -0.4 is 14.8 Å². The summed E-state index contributed by atoms with van der Waals surface area (Å²) in [6.07, 6.45) is 0. The molecule has 24 heavy (non-hydrogen) atoms. The van der Waals surface area contributed by atoms with Gasteiger partial charge in [0.1, 0.15) is 0 Å². The third-order valence-electron chi connectivity index (χ3n) is 4.36. The molecule has 1 aromatic heterocycles. The van der Waals surface area contributed by atoms with Crippen molar-refractivity contribution in [2.75, 3.05) is 6.79 Å². The minimum absolute atomic E-state index is 0.0879. The van der Waals surface area contributed by atoms with Crippen molar-refractivity contribution in [1.29, 1.82) is 0 Å². The van der Waals surface area contributed by atoms with Crippen molar-refractivity contribution in [3.05, 3.63) is 59.3 Å². The zero-order chi connectivity index (χ0) is 16.7. The third kappa shape index (κ3) is 2.38. The first-order valence-electron chi connectivity index (χ1n) is 7.91. The Morgan fingerprint density at radius 2 is 1.96 bits per heavy atom. The number of amides is 1. The first-order chi connectivity index (χ1) is 11.6. The number of carbonyl (C=O) groups excluding carboxylic acids is 1. The predicted octanol–water partition coefficient (Wildman–Crippen LogP) is 3.70. The fourth-order valence-corrected chi connectivity index (χ4v) is 3.10. The van der Waals surface area contributed by atoms with Gasteiger partial charge in [-0.2, -0.15) is 0 Å². The molecule has 5 nitrogen and oxygen atoms in total. The second kappa shape index (κ2) is 5.60. The molecule has 0 aliphatic carbocycles. The van der Waals surface area contributed by atoms with Crippen LogP contribution in [-0.2, 0) is 0 Å². The highest BCUT2D eigenvalue weighted by atomic mass is 16.7. The summed E-state index contributed by atoms with van der Waals surface area (Å²) in [5, 5.41) is 4.00. The highest BCUT2D eigenvalue weighted by Crippen LogP contribution is 2.34. The molecule has 1 amide bonds. The lowest BCUT2D eigenvalue weighted by Gasteiger charge is -2.15. The lowest BCUT2D eigenvalue weighted by molar-refractivity contribution is 0.0941. The number of para-hydroxylation sites is 1. The summed E-state index contributed by atoms with van der Waals surface area (Å²) >= 11 is 0. The van der Waals surface area contributed by atoms with Crippen LogP contribution >= 0.6 is 0 Å². The summed E-state index contributed by atoms with van der Waals surface area (Å²) in [6, 6.07) is 13.4. The highest BCUT2D eigenvalue weighted by molar-refractivity contribution is 6.08. The fourth-order valence-electron chi connectivity index (χ4n) is 3.10. The zero-order valence-corrected chi connectivity index (χ0v) is 13.6. The number of benzene rings is 2. The number of hydrogen-bond acceptors (Lipinski definition) is 3. The molecular formula is C19H18N2O3. The van der Waals surface area contributed by atoms with Crippen LogP contribution in [0, 0.1) is 6.92 Å². The lowest BCUT2D eigenvalue weighted by atomic mass is 10.1. The molecule has 1 atom stereocenters. The van der Waals surface area contributed by atoms with Crippen LogP contribution in [0.2, 0.25) is 0 Å². The van der Waals surface area contributed by atoms with Gasteiger partial charge in [-0.15, -0.1) is 0 Å². The van der Waals surface area contributed by atoms with E-state index in [0.717, 1.165) is 33.7 Å². The van der Waals surface area contributed by atoms with E-state index in [9.17, 15) is 4.79 Å². The maximum absolute atomic E-state index is 12.8. The minimum Gasteiger partial charge on any atom is -0.454 e. The maximum atomic E-state index is 12.8. The number of hydrogen-bond donors (Lipinski definition) is 2. The second-order valence-corrected chi connectivity index (χ2v) is 5.98. The summed E-state index contributed by atoms with van der Waals surface area (Å²) in [7, 11) is 0. The standard InChI is InChI=1S/C19H18N2O3/c1-11(13-7-8-16-17(9-13)24-10-23-16)21-19(22)18-12(2)20-15-6-4-3-5-14(15)18/h3-9,11,20H,10H2,1-2H3,(H,21,22). The highest BCUT2D eigenvalue weighted by Gasteiger charge is 2.20. The topological polar surface area (TPSA) is 63.4 Å². The second-order valence-electron chi connectivity index (χ2n) is 5.98. The molecule has 3 aromatic rings. The molecular weight excluding hydrogens is 304 g/mol. The molecule has 4 rings (SSSR count). The predicted molar refractivity (Wildman–Crippen MR) is 91.5 cm³/mol. The van der Waals surface area contributed by atoms with Gasteiger partial charge >= 0.3 is 0 Å². The van der Waals surface area contributed by atoms with Crippen LogP contribution in [0.5, 0.6) is 11.5 Å². The normalized spacial score (nSPS) is 13.9. The third-order valence-corrected chi connectivity index (χ3v) is 4.36. The molecule has 1 aliphatic heterocycles. The molecule has 0 saturated carbocycles. The molecule has 0 bridgehead atoms. The molecule has 0 saturated heterocycles.